The minimum atomic E-state index is 0.391. The van der Waals surface area contributed by atoms with Crippen LogP contribution in [0, 0.1) is 0 Å². The van der Waals surface area contributed by atoms with E-state index in [0.717, 1.165) is 11.1 Å². The van der Waals surface area contributed by atoms with E-state index >= 15 is 0 Å². The lowest BCUT2D eigenvalue weighted by Gasteiger charge is -2.09. The fourth-order valence-corrected chi connectivity index (χ4v) is 3.83. The van der Waals surface area contributed by atoms with Crippen LogP contribution in [0.4, 0.5) is 11.8 Å². The van der Waals surface area contributed by atoms with Gasteiger partial charge in [-0.1, -0.05) is 53.5 Å². The Morgan fingerprint density at radius 1 is 0.969 bits per heavy atom. The van der Waals surface area contributed by atoms with E-state index in [2.05, 4.69) is 20.4 Å². The van der Waals surface area contributed by atoms with E-state index in [-0.39, 0.29) is 0 Å². The lowest BCUT2D eigenvalue weighted by molar-refractivity contribution is 0.899. The maximum atomic E-state index is 6.53. The van der Waals surface area contributed by atoms with Gasteiger partial charge in [0.05, 0.1) is 21.8 Å². The topological polar surface area (TPSA) is 94.5 Å². The molecule has 0 atom stereocenters. The van der Waals surface area contributed by atoms with Gasteiger partial charge in [-0.15, -0.1) is 5.10 Å². The molecule has 7 nitrogen and oxygen atoms in total. The van der Waals surface area contributed by atoms with Gasteiger partial charge in [0.25, 0.3) is 0 Å². The Bertz CT molecular complexity index is 1420. The zero-order chi connectivity index (χ0) is 22.1. The molecule has 0 bridgehead atoms. The number of aromatic nitrogens is 5. The summed E-state index contributed by atoms with van der Waals surface area (Å²) in [6.07, 6.45) is 3.51. The van der Waals surface area contributed by atoms with Gasteiger partial charge in [0.15, 0.2) is 5.65 Å². The fraction of sp³-hybridized carbons (Fsp3) is 0.0435. The molecule has 3 N–H and O–H groups in total. The second-order valence-electron chi connectivity index (χ2n) is 7.07. The quantitative estimate of drug-likeness (QED) is 0.364. The number of pyridine rings is 1. The minimum absolute atomic E-state index is 0.391. The highest BCUT2D eigenvalue weighted by atomic mass is 35.5. The molecule has 0 spiro atoms. The summed E-state index contributed by atoms with van der Waals surface area (Å²) in [5, 5.41) is 9.63. The van der Waals surface area contributed by atoms with Gasteiger partial charge in [-0.05, 0) is 35.9 Å². The molecule has 0 aliphatic rings. The Morgan fingerprint density at radius 3 is 2.62 bits per heavy atom. The van der Waals surface area contributed by atoms with Crippen LogP contribution < -0.4 is 11.1 Å². The van der Waals surface area contributed by atoms with E-state index in [1.165, 1.54) is 0 Å². The van der Waals surface area contributed by atoms with Gasteiger partial charge >= 0.3 is 0 Å². The number of para-hydroxylation sites is 1. The van der Waals surface area contributed by atoms with E-state index in [1.807, 2.05) is 54.6 Å². The molecule has 2 aromatic carbocycles. The van der Waals surface area contributed by atoms with Crippen LogP contribution in [0.2, 0.25) is 10.0 Å². The van der Waals surface area contributed by atoms with Gasteiger partial charge in [-0.3, -0.25) is 4.98 Å². The number of anilines is 2. The fourth-order valence-electron chi connectivity index (χ4n) is 3.43. The Hall–Kier alpha value is -3.68. The van der Waals surface area contributed by atoms with Gasteiger partial charge < -0.3 is 11.1 Å². The standard InChI is InChI=1S/C23H17Cl2N7/c24-16-7-3-6-15(11-16)20-19-21(26)32(18-9-2-1-8-17(18)25)31-22(19)30-23(29-20)28-13-14-5-4-10-27-12-14/h1-12H,13,26H2,(H,28,30,31). The third-order valence-electron chi connectivity index (χ3n) is 4.92. The van der Waals surface area contributed by atoms with Crippen LogP contribution in [0.15, 0.2) is 73.1 Å². The highest BCUT2D eigenvalue weighted by Gasteiger charge is 2.20. The summed E-state index contributed by atoms with van der Waals surface area (Å²) >= 11 is 12.6. The zero-order valence-corrected chi connectivity index (χ0v) is 18.2. The minimum Gasteiger partial charge on any atom is -0.383 e. The molecule has 5 rings (SSSR count). The summed E-state index contributed by atoms with van der Waals surface area (Å²) in [7, 11) is 0. The van der Waals surface area contributed by atoms with E-state index in [0.29, 0.717) is 50.8 Å². The number of hydrogen-bond acceptors (Lipinski definition) is 6. The third-order valence-corrected chi connectivity index (χ3v) is 5.48. The number of nitrogens with zero attached hydrogens (tertiary/aromatic N) is 5. The molecule has 0 saturated heterocycles. The van der Waals surface area contributed by atoms with Gasteiger partial charge in [0, 0.05) is 29.5 Å². The van der Waals surface area contributed by atoms with Gasteiger partial charge in [-0.2, -0.15) is 4.98 Å². The predicted molar refractivity (Wildman–Crippen MR) is 128 cm³/mol. The monoisotopic (exact) mass is 461 g/mol. The van der Waals surface area contributed by atoms with Crippen LogP contribution in [0.3, 0.4) is 0 Å². The van der Waals surface area contributed by atoms with Gasteiger partial charge in [0.1, 0.15) is 5.82 Å². The third kappa shape index (κ3) is 3.84. The number of benzene rings is 2. The zero-order valence-electron chi connectivity index (χ0n) is 16.7. The van der Waals surface area contributed by atoms with Crippen molar-refractivity contribution in [1.29, 1.82) is 0 Å². The number of hydrogen-bond donors (Lipinski definition) is 2. The maximum Gasteiger partial charge on any atom is 0.225 e. The van der Waals surface area contributed by atoms with Crippen molar-refractivity contribution in [2.24, 2.45) is 0 Å². The molecule has 32 heavy (non-hydrogen) atoms. The van der Waals surface area contributed by atoms with Crippen molar-refractivity contribution >= 4 is 46.0 Å². The molecule has 0 unspecified atom stereocenters. The van der Waals surface area contributed by atoms with E-state index in [9.17, 15) is 0 Å². The predicted octanol–water partition coefficient (Wildman–Crippen LogP) is 5.38. The maximum absolute atomic E-state index is 6.53. The first-order chi connectivity index (χ1) is 15.6. The molecule has 158 valence electrons. The molecule has 0 aliphatic carbocycles. The van der Waals surface area contributed by atoms with Crippen molar-refractivity contribution in [2.75, 3.05) is 11.1 Å². The number of rotatable bonds is 5. The Morgan fingerprint density at radius 2 is 1.84 bits per heavy atom. The number of halogens is 2. The largest absolute Gasteiger partial charge is 0.383 e. The van der Waals surface area contributed by atoms with Crippen LogP contribution in [0.1, 0.15) is 5.56 Å². The van der Waals surface area contributed by atoms with Crippen LogP contribution in [-0.4, -0.2) is 24.7 Å². The van der Waals surface area contributed by atoms with Crippen molar-refractivity contribution < 1.29 is 0 Å². The van der Waals surface area contributed by atoms with Crippen LogP contribution in [0.25, 0.3) is 28.0 Å². The second-order valence-corrected chi connectivity index (χ2v) is 7.91. The Kier molecular flexibility index (Phi) is 5.34. The molecule has 0 radical (unpaired) electrons. The summed E-state index contributed by atoms with van der Waals surface area (Å²) < 4.78 is 1.58. The van der Waals surface area contributed by atoms with Gasteiger partial charge in [-0.25, -0.2) is 9.67 Å². The first-order valence-electron chi connectivity index (χ1n) is 9.80. The molecule has 3 heterocycles. The Balaban J connectivity index is 1.67. The lowest BCUT2D eigenvalue weighted by Crippen LogP contribution is -2.05. The Labute approximate surface area is 193 Å². The molecule has 5 aromatic rings. The molecular weight excluding hydrogens is 445 g/mol. The summed E-state index contributed by atoms with van der Waals surface area (Å²) in [5.74, 6) is 0.807. The van der Waals surface area contributed by atoms with Crippen molar-refractivity contribution in [1.82, 2.24) is 24.7 Å². The average molecular weight is 462 g/mol. The molecule has 9 heteroatoms. The molecule has 0 saturated carbocycles. The number of nitrogen functional groups attached to an aromatic ring is 1. The van der Waals surface area contributed by atoms with Crippen molar-refractivity contribution in [3.05, 3.63) is 88.7 Å². The van der Waals surface area contributed by atoms with E-state index < -0.39 is 0 Å². The summed E-state index contributed by atoms with van der Waals surface area (Å²) in [6.45, 7) is 0.509. The normalized spacial score (nSPS) is 11.1. The lowest BCUT2D eigenvalue weighted by atomic mass is 10.1. The molecule has 3 aromatic heterocycles. The molecule has 0 amide bonds. The summed E-state index contributed by atoms with van der Waals surface area (Å²) in [4.78, 5) is 13.5. The molecule has 0 aliphatic heterocycles. The van der Waals surface area contributed by atoms with Crippen LogP contribution >= 0.6 is 23.2 Å². The second kappa shape index (κ2) is 8.45. The first kappa shape index (κ1) is 20.2. The number of fused-ring (bicyclic) bond motifs is 1. The van der Waals surface area contributed by atoms with Crippen LogP contribution in [-0.2, 0) is 6.54 Å². The summed E-state index contributed by atoms with van der Waals surface area (Å²) in [6, 6.07) is 18.6. The van der Waals surface area contributed by atoms with E-state index in [1.54, 1.807) is 23.1 Å². The molecule has 0 fully saturated rings. The highest BCUT2D eigenvalue weighted by molar-refractivity contribution is 6.32. The molecular formula is C23H17Cl2N7. The van der Waals surface area contributed by atoms with Crippen LogP contribution in [0.5, 0.6) is 0 Å². The number of nitrogens with two attached hydrogens (primary N) is 1. The van der Waals surface area contributed by atoms with E-state index in [4.69, 9.17) is 33.9 Å². The number of nitrogens with one attached hydrogen (secondary N) is 1. The average Bonchev–Trinajstić information content (AvgIpc) is 3.14. The SMILES string of the molecule is Nc1c2c(-c3cccc(Cl)c3)nc(NCc3cccnc3)nc2nn1-c1ccccc1Cl. The first-order valence-corrected chi connectivity index (χ1v) is 10.6. The highest BCUT2D eigenvalue weighted by Crippen LogP contribution is 2.34. The smallest absolute Gasteiger partial charge is 0.225 e. The van der Waals surface area contributed by atoms with Crippen molar-refractivity contribution in [2.45, 2.75) is 6.54 Å². The van der Waals surface area contributed by atoms with Crippen molar-refractivity contribution in [3.8, 4) is 16.9 Å². The van der Waals surface area contributed by atoms with Gasteiger partial charge in [0.2, 0.25) is 5.95 Å². The summed E-state index contributed by atoms with van der Waals surface area (Å²) in [5.41, 5.74) is 10.1. The van der Waals surface area contributed by atoms with Crippen molar-refractivity contribution in [3.63, 3.8) is 0 Å².